The van der Waals surface area contributed by atoms with Crippen molar-refractivity contribution in [2.45, 2.75) is 52.2 Å². The monoisotopic (exact) mass is 611 g/mol. The molecule has 14 heteroatoms. The number of nitrogens with one attached hydrogen (secondary N) is 1. The smallest absolute Gasteiger partial charge is 0.414 e. The highest BCUT2D eigenvalue weighted by atomic mass is 19.1. The molecule has 2 aliphatic heterocycles. The van der Waals surface area contributed by atoms with Gasteiger partial charge in [0, 0.05) is 63.3 Å². The minimum absolute atomic E-state index is 0.0297. The van der Waals surface area contributed by atoms with Crippen LogP contribution in [0.2, 0.25) is 0 Å². The Morgan fingerprint density at radius 3 is 2.45 bits per heavy atom. The standard InChI is InChI=1S/C30H35F2N7O5/c1-18(2)12-24(35-28(41)25-17-38-7-6-33-15-26(38)34-25)29(42)37-10-8-36(9-11-37)27-22(31)13-20(14-23(27)32)39-16-21(44-30(39)43)5-4-19(3)40/h6-7,13-15,17-18,21,24H,4-5,8-12,16H2,1-3H3,(H,35,41)/t21-,24-/m0/s1. The van der Waals surface area contributed by atoms with E-state index in [0.29, 0.717) is 18.5 Å². The van der Waals surface area contributed by atoms with Gasteiger partial charge in [-0.3, -0.25) is 19.5 Å². The second-order valence-electron chi connectivity index (χ2n) is 11.6. The number of imidazole rings is 1. The van der Waals surface area contributed by atoms with Gasteiger partial charge in [0.2, 0.25) is 5.91 Å². The number of piperazine rings is 1. The maximum Gasteiger partial charge on any atom is 0.414 e. The highest BCUT2D eigenvalue weighted by Gasteiger charge is 2.35. The van der Waals surface area contributed by atoms with Crippen LogP contribution in [0.25, 0.3) is 5.65 Å². The molecule has 3 aromatic rings. The molecule has 44 heavy (non-hydrogen) atoms. The van der Waals surface area contributed by atoms with Crippen molar-refractivity contribution in [3.63, 3.8) is 0 Å². The van der Waals surface area contributed by atoms with Crippen LogP contribution in [0, 0.1) is 17.6 Å². The molecular formula is C30H35F2N7O5. The summed E-state index contributed by atoms with van der Waals surface area (Å²) in [4.78, 5) is 62.7. The fourth-order valence-corrected chi connectivity index (χ4v) is 5.51. The molecule has 0 unspecified atom stereocenters. The molecule has 2 saturated heterocycles. The summed E-state index contributed by atoms with van der Waals surface area (Å²) in [6.45, 7) is 6.15. The maximum atomic E-state index is 15.3. The molecular weight excluding hydrogens is 576 g/mol. The number of anilines is 2. The summed E-state index contributed by atoms with van der Waals surface area (Å²) in [6.07, 6.45) is 6.06. The Kier molecular flexibility index (Phi) is 9.06. The number of halogens is 2. The van der Waals surface area contributed by atoms with E-state index in [9.17, 15) is 19.2 Å². The highest BCUT2D eigenvalue weighted by molar-refractivity contribution is 5.96. The third-order valence-corrected chi connectivity index (χ3v) is 7.72. The van der Waals surface area contributed by atoms with E-state index in [-0.39, 0.29) is 73.8 Å². The van der Waals surface area contributed by atoms with Crippen molar-refractivity contribution in [2.75, 3.05) is 42.5 Å². The molecule has 1 aromatic carbocycles. The van der Waals surface area contributed by atoms with Crippen molar-refractivity contribution in [2.24, 2.45) is 5.92 Å². The van der Waals surface area contributed by atoms with E-state index in [2.05, 4.69) is 15.3 Å². The van der Waals surface area contributed by atoms with Gasteiger partial charge in [-0.2, -0.15) is 0 Å². The zero-order chi connectivity index (χ0) is 31.5. The molecule has 4 heterocycles. The minimum Gasteiger partial charge on any atom is -0.444 e. The molecule has 1 N–H and O–H groups in total. The fraction of sp³-hybridized carbons (Fsp3) is 0.467. The summed E-state index contributed by atoms with van der Waals surface area (Å²) in [5, 5.41) is 2.82. The molecule has 0 saturated carbocycles. The third-order valence-electron chi connectivity index (χ3n) is 7.72. The number of rotatable bonds is 10. The van der Waals surface area contributed by atoms with Crippen molar-refractivity contribution in [3.05, 3.63) is 54.2 Å². The summed E-state index contributed by atoms with van der Waals surface area (Å²) in [5.74, 6) is -2.37. The van der Waals surface area contributed by atoms with E-state index in [0.717, 1.165) is 17.0 Å². The lowest BCUT2D eigenvalue weighted by molar-refractivity contribution is -0.134. The predicted molar refractivity (Wildman–Crippen MR) is 156 cm³/mol. The lowest BCUT2D eigenvalue weighted by Gasteiger charge is -2.38. The maximum absolute atomic E-state index is 15.3. The molecule has 0 aliphatic carbocycles. The number of fused-ring (bicyclic) bond motifs is 1. The zero-order valence-electron chi connectivity index (χ0n) is 24.8. The first-order valence-electron chi connectivity index (χ1n) is 14.6. The van der Waals surface area contributed by atoms with Crippen molar-refractivity contribution in [1.29, 1.82) is 0 Å². The quantitative estimate of drug-likeness (QED) is 0.370. The SMILES string of the molecule is CC(=O)CC[C@H]1CN(c2cc(F)c(N3CCN(C(=O)[C@H](CC(C)C)NC(=O)c4cn5ccncc5n4)CC3)c(F)c2)C(=O)O1. The van der Waals surface area contributed by atoms with Crippen LogP contribution in [-0.4, -0.2) is 87.8 Å². The van der Waals surface area contributed by atoms with Gasteiger partial charge in [0.1, 0.15) is 29.3 Å². The summed E-state index contributed by atoms with van der Waals surface area (Å²) in [5.41, 5.74) is 0.451. The Bertz CT molecular complexity index is 1510. The number of ether oxygens (including phenoxy) is 1. The summed E-state index contributed by atoms with van der Waals surface area (Å²) >= 11 is 0. The number of ketones is 1. The molecule has 2 fully saturated rings. The van der Waals surface area contributed by atoms with Gasteiger partial charge in [-0.25, -0.2) is 18.6 Å². The lowest BCUT2D eigenvalue weighted by Crippen LogP contribution is -2.55. The van der Waals surface area contributed by atoms with E-state index in [1.54, 1.807) is 27.9 Å². The van der Waals surface area contributed by atoms with Crippen molar-refractivity contribution >= 4 is 40.7 Å². The molecule has 12 nitrogen and oxygen atoms in total. The van der Waals surface area contributed by atoms with Crippen LogP contribution in [0.3, 0.4) is 0 Å². The molecule has 3 amide bonds. The second-order valence-corrected chi connectivity index (χ2v) is 11.6. The number of aromatic nitrogens is 3. The van der Waals surface area contributed by atoms with Crippen LogP contribution >= 0.6 is 0 Å². The Hall–Kier alpha value is -4.62. The number of hydrogen-bond acceptors (Lipinski definition) is 8. The van der Waals surface area contributed by atoms with Crippen LogP contribution in [0.1, 0.15) is 50.5 Å². The molecule has 5 rings (SSSR count). The highest BCUT2D eigenvalue weighted by Crippen LogP contribution is 2.32. The van der Waals surface area contributed by atoms with Gasteiger partial charge in [-0.15, -0.1) is 0 Å². The summed E-state index contributed by atoms with van der Waals surface area (Å²) in [6, 6.07) is 1.38. The van der Waals surface area contributed by atoms with Crippen molar-refractivity contribution in [1.82, 2.24) is 24.6 Å². The van der Waals surface area contributed by atoms with Crippen LogP contribution in [0.4, 0.5) is 25.0 Å². The van der Waals surface area contributed by atoms with E-state index in [1.807, 2.05) is 13.8 Å². The number of cyclic esters (lactones) is 1. The first kappa shape index (κ1) is 30.8. The van der Waals surface area contributed by atoms with Gasteiger partial charge in [0.25, 0.3) is 5.91 Å². The average Bonchev–Trinajstić information content (AvgIpc) is 3.58. The van der Waals surface area contributed by atoms with E-state index >= 15 is 8.78 Å². The molecule has 2 aliphatic rings. The number of carbonyl (C=O) groups is 4. The van der Waals surface area contributed by atoms with Crippen LogP contribution in [0.15, 0.2) is 36.9 Å². The van der Waals surface area contributed by atoms with E-state index < -0.39 is 35.8 Å². The van der Waals surface area contributed by atoms with Crippen LogP contribution in [0.5, 0.6) is 0 Å². The Labute approximate surface area is 253 Å². The first-order valence-corrected chi connectivity index (χ1v) is 14.6. The van der Waals surface area contributed by atoms with Gasteiger partial charge < -0.3 is 29.0 Å². The van der Waals surface area contributed by atoms with Crippen LogP contribution in [-0.2, 0) is 14.3 Å². The molecule has 2 atom stereocenters. The van der Waals surface area contributed by atoms with Gasteiger partial charge in [0.05, 0.1) is 18.4 Å². The first-order chi connectivity index (χ1) is 21.0. The number of amides is 3. The Balaban J connectivity index is 1.22. The fourth-order valence-electron chi connectivity index (χ4n) is 5.51. The molecule has 2 aromatic heterocycles. The molecule has 0 radical (unpaired) electrons. The topological polar surface area (TPSA) is 129 Å². The molecule has 0 bridgehead atoms. The normalized spacial score (nSPS) is 17.7. The van der Waals surface area contributed by atoms with E-state index in [1.165, 1.54) is 18.0 Å². The number of nitrogens with zero attached hydrogens (tertiary/aromatic N) is 6. The predicted octanol–water partition coefficient (Wildman–Crippen LogP) is 3.20. The number of hydrogen-bond donors (Lipinski definition) is 1. The second kappa shape index (κ2) is 12.9. The molecule has 234 valence electrons. The number of carbonyl (C=O) groups excluding carboxylic acids is 4. The minimum atomic E-state index is -0.840. The lowest BCUT2D eigenvalue weighted by atomic mass is 10.0. The van der Waals surface area contributed by atoms with E-state index in [4.69, 9.17) is 4.74 Å². The Morgan fingerprint density at radius 2 is 1.82 bits per heavy atom. The van der Waals surface area contributed by atoms with Crippen LogP contribution < -0.4 is 15.1 Å². The summed E-state index contributed by atoms with van der Waals surface area (Å²) < 4.78 is 37.5. The largest absolute Gasteiger partial charge is 0.444 e. The number of Topliss-reactive ketones (excluding diaryl/α,β-unsaturated/α-hetero) is 1. The van der Waals surface area contributed by atoms with Crippen molar-refractivity contribution < 1.29 is 32.7 Å². The van der Waals surface area contributed by atoms with Gasteiger partial charge >= 0.3 is 6.09 Å². The zero-order valence-corrected chi connectivity index (χ0v) is 24.8. The molecule has 0 spiro atoms. The van der Waals surface area contributed by atoms with Gasteiger partial charge in [0.15, 0.2) is 17.3 Å². The average molecular weight is 612 g/mol. The Morgan fingerprint density at radius 1 is 1.11 bits per heavy atom. The van der Waals surface area contributed by atoms with Gasteiger partial charge in [-0.05, 0) is 25.7 Å². The number of benzene rings is 1. The van der Waals surface area contributed by atoms with Crippen molar-refractivity contribution in [3.8, 4) is 0 Å². The van der Waals surface area contributed by atoms with Gasteiger partial charge in [-0.1, -0.05) is 13.8 Å². The third kappa shape index (κ3) is 6.79. The summed E-state index contributed by atoms with van der Waals surface area (Å²) in [7, 11) is 0.